The molecule has 10 heteroatoms. The van der Waals surface area contributed by atoms with Crippen LogP contribution >= 0.6 is 0 Å². The van der Waals surface area contributed by atoms with E-state index in [2.05, 4.69) is 0 Å². The summed E-state index contributed by atoms with van der Waals surface area (Å²) in [6, 6.07) is 4.16. The van der Waals surface area contributed by atoms with Gasteiger partial charge in [0.15, 0.2) is 0 Å². The van der Waals surface area contributed by atoms with Crippen LogP contribution in [-0.2, 0) is 10.0 Å². The van der Waals surface area contributed by atoms with Crippen LogP contribution in [0, 0.1) is 5.82 Å². The summed E-state index contributed by atoms with van der Waals surface area (Å²) in [5, 5.41) is 8.81. The molecular formula is C11H7FN2O6S. The Bertz CT molecular complexity index is 944. The third-order valence-electron chi connectivity index (χ3n) is 2.51. The zero-order valence-electron chi connectivity index (χ0n) is 10.1. The minimum absolute atomic E-state index is 0.00923. The van der Waals surface area contributed by atoms with Gasteiger partial charge in [-0.1, -0.05) is 6.07 Å². The summed E-state index contributed by atoms with van der Waals surface area (Å²) in [6.07, 6.45) is 0.226. The number of nitrogens with zero attached hydrogens (tertiary/aromatic N) is 1. The van der Waals surface area contributed by atoms with Crippen LogP contribution in [0.25, 0.3) is 0 Å². The maximum Gasteiger partial charge on any atom is 0.342 e. The molecule has 0 aliphatic rings. The van der Waals surface area contributed by atoms with Crippen molar-refractivity contribution in [2.24, 2.45) is 0 Å². The van der Waals surface area contributed by atoms with E-state index in [9.17, 15) is 27.2 Å². The highest BCUT2D eigenvalue weighted by Gasteiger charge is 2.21. The highest BCUT2D eigenvalue weighted by atomic mass is 32.2. The van der Waals surface area contributed by atoms with Gasteiger partial charge in [-0.15, -0.1) is 0 Å². The first kappa shape index (κ1) is 14.7. The zero-order valence-corrected chi connectivity index (χ0v) is 10.9. The fourth-order valence-electron chi connectivity index (χ4n) is 1.51. The fraction of sp³-hybridized carbons (Fsp3) is 0. The summed E-state index contributed by atoms with van der Waals surface area (Å²) < 4.78 is 37.5. The third-order valence-corrected chi connectivity index (χ3v) is 4.14. The molecular weight excluding hydrogens is 307 g/mol. The highest BCUT2D eigenvalue weighted by molar-refractivity contribution is 7.90. The normalized spacial score (nSPS) is 11.3. The Morgan fingerprint density at radius 3 is 2.57 bits per heavy atom. The standard InChI is InChI=1S/C11H7FN2O6S/c12-8-5-14(11(18)13-9(8)15)21(19,20)7-3-1-2-6(4-7)10(16)17/h1-5H,(H,16,17)(H,13,15,18). The Hall–Kier alpha value is -2.75. The molecule has 21 heavy (non-hydrogen) atoms. The van der Waals surface area contributed by atoms with Gasteiger partial charge in [0.1, 0.15) is 0 Å². The first-order valence-electron chi connectivity index (χ1n) is 5.34. The van der Waals surface area contributed by atoms with Crippen molar-refractivity contribution in [3.63, 3.8) is 0 Å². The minimum atomic E-state index is -4.53. The summed E-state index contributed by atoms with van der Waals surface area (Å²) in [5.41, 5.74) is -3.04. The number of aromatic amines is 1. The average Bonchev–Trinajstić information content (AvgIpc) is 2.42. The molecule has 2 aromatic rings. The molecule has 1 aromatic carbocycles. The maximum atomic E-state index is 13.2. The Balaban J connectivity index is 2.71. The van der Waals surface area contributed by atoms with E-state index in [1.54, 1.807) is 0 Å². The molecule has 0 saturated carbocycles. The number of aromatic carboxylic acids is 1. The lowest BCUT2D eigenvalue weighted by Crippen LogP contribution is -2.35. The maximum absolute atomic E-state index is 13.2. The Morgan fingerprint density at radius 2 is 1.95 bits per heavy atom. The molecule has 0 spiro atoms. The first-order valence-corrected chi connectivity index (χ1v) is 6.78. The van der Waals surface area contributed by atoms with Crippen LogP contribution in [0.1, 0.15) is 10.4 Å². The average molecular weight is 314 g/mol. The van der Waals surface area contributed by atoms with Gasteiger partial charge in [0.25, 0.3) is 15.6 Å². The molecule has 2 rings (SSSR count). The molecule has 8 nitrogen and oxygen atoms in total. The second-order valence-electron chi connectivity index (χ2n) is 3.87. The van der Waals surface area contributed by atoms with Crippen molar-refractivity contribution >= 4 is 16.0 Å². The number of hydrogen-bond donors (Lipinski definition) is 2. The number of halogens is 1. The van der Waals surface area contributed by atoms with Crippen molar-refractivity contribution < 1.29 is 22.7 Å². The molecule has 0 fully saturated rings. The molecule has 0 aliphatic carbocycles. The molecule has 0 radical (unpaired) electrons. The lowest BCUT2D eigenvalue weighted by molar-refractivity contribution is 0.0696. The fourth-order valence-corrected chi connectivity index (χ4v) is 2.76. The molecule has 2 N–H and O–H groups in total. The molecule has 110 valence electrons. The number of carbonyl (C=O) groups is 1. The summed E-state index contributed by atoms with van der Waals surface area (Å²) in [7, 11) is -4.53. The van der Waals surface area contributed by atoms with Crippen LogP contribution in [0.2, 0.25) is 0 Å². The van der Waals surface area contributed by atoms with Gasteiger partial charge in [-0.05, 0) is 18.2 Å². The van der Waals surface area contributed by atoms with Crippen LogP contribution in [0.3, 0.4) is 0 Å². The molecule has 0 aliphatic heterocycles. The van der Waals surface area contributed by atoms with E-state index < -0.39 is 38.0 Å². The van der Waals surface area contributed by atoms with Crippen molar-refractivity contribution in [3.05, 3.63) is 62.7 Å². The number of benzene rings is 1. The quantitative estimate of drug-likeness (QED) is 0.794. The number of carboxylic acids is 1. The van der Waals surface area contributed by atoms with Crippen LogP contribution < -0.4 is 11.2 Å². The van der Waals surface area contributed by atoms with Gasteiger partial charge in [0.2, 0.25) is 5.82 Å². The summed E-state index contributed by atoms with van der Waals surface area (Å²) in [4.78, 5) is 34.1. The van der Waals surface area contributed by atoms with E-state index in [0.29, 0.717) is 0 Å². The third kappa shape index (κ3) is 2.60. The second kappa shape index (κ2) is 4.98. The van der Waals surface area contributed by atoms with E-state index >= 15 is 0 Å². The smallest absolute Gasteiger partial charge is 0.342 e. The molecule has 1 heterocycles. The predicted molar refractivity (Wildman–Crippen MR) is 67.3 cm³/mol. The number of aromatic nitrogens is 2. The largest absolute Gasteiger partial charge is 0.478 e. The van der Waals surface area contributed by atoms with Crippen molar-refractivity contribution in [1.29, 1.82) is 0 Å². The van der Waals surface area contributed by atoms with E-state index in [0.717, 1.165) is 24.3 Å². The number of carboxylic acid groups (broad SMARTS) is 1. The molecule has 0 bridgehead atoms. The van der Waals surface area contributed by atoms with Gasteiger partial charge in [0, 0.05) is 0 Å². The molecule has 0 amide bonds. The molecule has 0 saturated heterocycles. The zero-order chi connectivity index (χ0) is 15.8. The molecule has 1 aromatic heterocycles. The summed E-state index contributed by atoms with van der Waals surface area (Å²) >= 11 is 0. The molecule has 0 atom stereocenters. The predicted octanol–water partition coefficient (Wildman–Crippen LogP) is -0.389. The number of hydrogen-bond acceptors (Lipinski definition) is 5. The monoisotopic (exact) mass is 314 g/mol. The number of rotatable bonds is 3. The van der Waals surface area contributed by atoms with Gasteiger partial charge < -0.3 is 5.11 Å². The van der Waals surface area contributed by atoms with Crippen molar-refractivity contribution in [2.45, 2.75) is 4.90 Å². The van der Waals surface area contributed by atoms with Crippen LogP contribution in [0.4, 0.5) is 4.39 Å². The van der Waals surface area contributed by atoms with E-state index in [-0.39, 0.29) is 15.7 Å². The van der Waals surface area contributed by atoms with Crippen LogP contribution in [-0.4, -0.2) is 28.5 Å². The van der Waals surface area contributed by atoms with E-state index in [4.69, 9.17) is 5.11 Å². The van der Waals surface area contributed by atoms with Crippen molar-refractivity contribution in [2.75, 3.05) is 0 Å². The lowest BCUT2D eigenvalue weighted by Gasteiger charge is -2.07. The van der Waals surface area contributed by atoms with E-state index in [1.165, 1.54) is 4.98 Å². The van der Waals surface area contributed by atoms with E-state index in [1.807, 2.05) is 0 Å². The van der Waals surface area contributed by atoms with Gasteiger partial charge in [-0.2, -0.15) is 8.36 Å². The van der Waals surface area contributed by atoms with Crippen molar-refractivity contribution in [1.82, 2.24) is 8.96 Å². The van der Waals surface area contributed by atoms with Gasteiger partial charge >= 0.3 is 11.7 Å². The highest BCUT2D eigenvalue weighted by Crippen LogP contribution is 2.14. The van der Waals surface area contributed by atoms with Gasteiger partial charge in [-0.25, -0.2) is 18.0 Å². The lowest BCUT2D eigenvalue weighted by atomic mass is 10.2. The molecule has 0 unspecified atom stereocenters. The topological polar surface area (TPSA) is 126 Å². The van der Waals surface area contributed by atoms with Crippen LogP contribution in [0.15, 0.2) is 44.9 Å². The summed E-state index contributed by atoms with van der Waals surface area (Å²) in [5.74, 6) is -2.83. The van der Waals surface area contributed by atoms with Gasteiger partial charge in [0.05, 0.1) is 16.7 Å². The number of H-pyrrole nitrogens is 1. The second-order valence-corrected chi connectivity index (χ2v) is 5.69. The Kier molecular flexibility index (Phi) is 3.47. The first-order chi connectivity index (χ1) is 9.73. The SMILES string of the molecule is O=C(O)c1cccc(S(=O)(=O)n2cc(F)c(=O)[nH]c2=O)c1. The van der Waals surface area contributed by atoms with Gasteiger partial charge in [-0.3, -0.25) is 9.78 Å². The van der Waals surface area contributed by atoms with Crippen LogP contribution in [0.5, 0.6) is 0 Å². The Morgan fingerprint density at radius 1 is 1.29 bits per heavy atom. The minimum Gasteiger partial charge on any atom is -0.478 e. The van der Waals surface area contributed by atoms with Crippen molar-refractivity contribution in [3.8, 4) is 0 Å². The number of nitrogens with one attached hydrogen (secondary N) is 1. The Labute approximate surface area is 116 Å². The summed E-state index contributed by atoms with van der Waals surface area (Å²) in [6.45, 7) is 0.